The van der Waals surface area contributed by atoms with Crippen LogP contribution in [0.1, 0.15) is 22.0 Å². The number of phenolic OH excluding ortho intramolecular Hbond substituents is 5. The average molecular weight is 414 g/mol. The maximum atomic E-state index is 12.9. The average Bonchev–Trinajstić information content (AvgIpc) is 2.60. The van der Waals surface area contributed by atoms with Crippen LogP contribution in [0.5, 0.6) is 34.5 Å². The highest BCUT2D eigenvalue weighted by atomic mass is 31.2. The highest BCUT2D eigenvalue weighted by molar-refractivity contribution is 7.47. The Bertz CT molecular complexity index is 979. The number of carbonyl (C=O) groups excluding carboxylic acids is 1. The lowest BCUT2D eigenvalue weighted by atomic mass is 9.92. The van der Waals surface area contributed by atoms with Crippen LogP contribution in [-0.2, 0) is 13.6 Å². The highest BCUT2D eigenvalue weighted by Crippen LogP contribution is 2.51. The zero-order valence-electron chi connectivity index (χ0n) is 14.1. The van der Waals surface area contributed by atoms with E-state index < -0.39 is 60.1 Å². The van der Waals surface area contributed by atoms with Gasteiger partial charge in [0.1, 0.15) is 22.8 Å². The number of Topliss-reactive ketones (excluding diaryl/α,β-unsaturated/α-hetero) is 1. The van der Waals surface area contributed by atoms with Crippen LogP contribution in [0.4, 0.5) is 0 Å². The minimum absolute atomic E-state index is 0.115. The Morgan fingerprint density at radius 1 is 1.00 bits per heavy atom. The third-order valence-corrected chi connectivity index (χ3v) is 4.95. The number of carbonyl (C=O) groups is 1. The van der Waals surface area contributed by atoms with E-state index in [4.69, 9.17) is 9.26 Å². The molecule has 1 aliphatic heterocycles. The Balaban J connectivity index is 2.17. The molecule has 0 spiro atoms. The van der Waals surface area contributed by atoms with Crippen molar-refractivity contribution >= 4 is 13.6 Å². The van der Waals surface area contributed by atoms with Gasteiger partial charge in [0.2, 0.25) is 5.78 Å². The summed E-state index contributed by atoms with van der Waals surface area (Å²) in [6.45, 7) is 0. The number of aromatic hydroxyl groups is 5. The lowest BCUT2D eigenvalue weighted by molar-refractivity contribution is 0.0162. The molecule has 150 valence electrons. The van der Waals surface area contributed by atoms with Gasteiger partial charge in [-0.15, -0.1) is 0 Å². The van der Waals surface area contributed by atoms with Gasteiger partial charge in [-0.1, -0.05) is 0 Å². The molecule has 6 N–H and O–H groups in total. The molecule has 0 amide bonds. The molecule has 1 aliphatic rings. The SMILES string of the molecule is COP(=O)(O)O[C@H]1C(=O)c2c(O)cc(O)cc2O[C@@H]1c1cc(O)c(O)c(O)c1. The second-order valence-electron chi connectivity index (χ2n) is 5.83. The molecule has 1 unspecified atom stereocenters. The van der Waals surface area contributed by atoms with E-state index in [-0.39, 0.29) is 11.3 Å². The van der Waals surface area contributed by atoms with Gasteiger partial charge in [-0.2, -0.15) is 0 Å². The quantitative estimate of drug-likeness (QED) is 0.316. The van der Waals surface area contributed by atoms with Crippen molar-refractivity contribution in [3.05, 3.63) is 35.4 Å². The van der Waals surface area contributed by atoms with Crippen LogP contribution in [0.3, 0.4) is 0 Å². The van der Waals surface area contributed by atoms with Crippen molar-refractivity contribution < 1.29 is 53.6 Å². The molecule has 2 aromatic carbocycles. The van der Waals surface area contributed by atoms with E-state index in [1.165, 1.54) is 0 Å². The smallest absolute Gasteiger partial charge is 0.472 e. The Morgan fingerprint density at radius 3 is 2.18 bits per heavy atom. The van der Waals surface area contributed by atoms with Gasteiger partial charge in [0, 0.05) is 24.8 Å². The van der Waals surface area contributed by atoms with Crippen molar-refractivity contribution in [3.8, 4) is 34.5 Å². The van der Waals surface area contributed by atoms with E-state index in [1.54, 1.807) is 0 Å². The Hall–Kier alpha value is -2.98. The normalized spacial score (nSPS) is 20.9. The number of phosphoric ester groups is 1. The third-order valence-electron chi connectivity index (χ3n) is 4.00. The van der Waals surface area contributed by atoms with Gasteiger partial charge in [0.05, 0.1) is 0 Å². The molecule has 0 aliphatic carbocycles. The Morgan fingerprint density at radius 2 is 1.61 bits per heavy atom. The van der Waals surface area contributed by atoms with Crippen LogP contribution in [0.15, 0.2) is 24.3 Å². The summed E-state index contributed by atoms with van der Waals surface area (Å²) in [5.74, 6) is -4.69. The number of hydrogen-bond donors (Lipinski definition) is 6. The number of phenols is 5. The van der Waals surface area contributed by atoms with Crippen LogP contribution in [0, 0.1) is 0 Å². The van der Waals surface area contributed by atoms with Crippen molar-refractivity contribution in [2.75, 3.05) is 7.11 Å². The fourth-order valence-electron chi connectivity index (χ4n) is 2.73. The molecule has 0 saturated carbocycles. The maximum absolute atomic E-state index is 12.9. The van der Waals surface area contributed by atoms with Gasteiger partial charge in [0.25, 0.3) is 0 Å². The number of benzene rings is 2. The van der Waals surface area contributed by atoms with E-state index in [1.807, 2.05) is 0 Å². The third kappa shape index (κ3) is 3.43. The molecule has 11 nitrogen and oxygen atoms in total. The molecule has 3 rings (SSSR count). The minimum atomic E-state index is -4.71. The zero-order valence-corrected chi connectivity index (χ0v) is 15.0. The summed E-state index contributed by atoms with van der Waals surface area (Å²) in [4.78, 5) is 22.5. The van der Waals surface area contributed by atoms with Crippen molar-refractivity contribution in [3.63, 3.8) is 0 Å². The van der Waals surface area contributed by atoms with Gasteiger partial charge in [-0.05, 0) is 12.1 Å². The Kier molecular flexibility index (Phi) is 4.86. The number of fused-ring (bicyclic) bond motifs is 1. The topological polar surface area (TPSA) is 183 Å². The maximum Gasteiger partial charge on any atom is 0.472 e. The standard InChI is InChI=1S/C16H15O11P/c1-25-28(23,24)27-16-14(22)12-8(18)4-7(17)5-11(12)26-15(16)6-2-9(19)13(21)10(20)3-6/h2-5,15-21H,1H3,(H,23,24)/t15-,16+/m1/s1. The summed E-state index contributed by atoms with van der Waals surface area (Å²) < 4.78 is 26.6. The number of phosphoric acid groups is 1. The fraction of sp³-hybridized carbons (Fsp3) is 0.188. The number of ether oxygens (including phenoxy) is 1. The molecule has 2 aromatic rings. The fourth-order valence-corrected chi connectivity index (χ4v) is 3.31. The van der Waals surface area contributed by atoms with Crippen LogP contribution >= 0.6 is 7.82 Å². The molecular formula is C16H15O11P. The van der Waals surface area contributed by atoms with Crippen molar-refractivity contribution in [1.82, 2.24) is 0 Å². The van der Waals surface area contributed by atoms with Gasteiger partial charge in [0.15, 0.2) is 29.5 Å². The first-order valence-corrected chi connectivity index (χ1v) is 9.12. The summed E-state index contributed by atoms with van der Waals surface area (Å²) in [6.07, 6.45) is -3.36. The largest absolute Gasteiger partial charge is 0.508 e. The predicted octanol–water partition coefficient (Wildman–Crippen LogP) is 1.66. The second kappa shape index (κ2) is 6.88. The summed E-state index contributed by atoms with van der Waals surface area (Å²) >= 11 is 0. The molecule has 0 fully saturated rings. The first-order valence-electron chi connectivity index (χ1n) is 7.62. The van der Waals surface area contributed by atoms with E-state index in [0.29, 0.717) is 0 Å². The van der Waals surface area contributed by atoms with Gasteiger partial charge < -0.3 is 35.2 Å². The summed E-state index contributed by atoms with van der Waals surface area (Å²) in [5, 5.41) is 48.5. The Labute approximate surface area is 157 Å². The molecule has 12 heteroatoms. The monoisotopic (exact) mass is 414 g/mol. The van der Waals surface area contributed by atoms with Gasteiger partial charge >= 0.3 is 7.82 Å². The highest BCUT2D eigenvalue weighted by Gasteiger charge is 2.45. The van der Waals surface area contributed by atoms with E-state index in [2.05, 4.69) is 4.52 Å². The first kappa shape index (κ1) is 19.8. The predicted molar refractivity (Wildman–Crippen MR) is 90.6 cm³/mol. The van der Waals surface area contributed by atoms with Crippen LogP contribution in [0.2, 0.25) is 0 Å². The van der Waals surface area contributed by atoms with Crippen LogP contribution in [-0.4, -0.2) is 49.4 Å². The summed E-state index contributed by atoms with van der Waals surface area (Å²) in [7, 11) is -3.85. The summed E-state index contributed by atoms with van der Waals surface area (Å²) in [6, 6.07) is 3.76. The number of hydrogen-bond acceptors (Lipinski definition) is 10. The minimum Gasteiger partial charge on any atom is -0.508 e. The van der Waals surface area contributed by atoms with Crippen LogP contribution in [0.25, 0.3) is 0 Å². The molecule has 1 heterocycles. The molecular weight excluding hydrogens is 399 g/mol. The lowest BCUT2D eigenvalue weighted by Gasteiger charge is -2.33. The van der Waals surface area contributed by atoms with E-state index >= 15 is 0 Å². The van der Waals surface area contributed by atoms with Crippen molar-refractivity contribution in [2.45, 2.75) is 12.2 Å². The zero-order chi connectivity index (χ0) is 20.8. The lowest BCUT2D eigenvalue weighted by Crippen LogP contribution is -2.38. The molecule has 3 atom stereocenters. The summed E-state index contributed by atoms with van der Waals surface area (Å²) in [5.41, 5.74) is -0.530. The molecule has 0 saturated heterocycles. The number of rotatable bonds is 4. The number of ketones is 1. The molecule has 28 heavy (non-hydrogen) atoms. The van der Waals surface area contributed by atoms with Crippen molar-refractivity contribution in [2.24, 2.45) is 0 Å². The van der Waals surface area contributed by atoms with Gasteiger partial charge in [-0.3, -0.25) is 13.8 Å². The van der Waals surface area contributed by atoms with Crippen LogP contribution < -0.4 is 4.74 Å². The molecule has 0 bridgehead atoms. The van der Waals surface area contributed by atoms with Gasteiger partial charge in [-0.25, -0.2) is 4.57 Å². The molecule has 0 aromatic heterocycles. The molecule has 0 radical (unpaired) electrons. The van der Waals surface area contributed by atoms with Crippen molar-refractivity contribution in [1.29, 1.82) is 0 Å². The van der Waals surface area contributed by atoms with E-state index in [0.717, 1.165) is 31.4 Å². The first-order chi connectivity index (χ1) is 13.0. The second-order valence-corrected chi connectivity index (χ2v) is 7.34. The van der Waals surface area contributed by atoms with E-state index in [9.17, 15) is 39.8 Å².